The van der Waals surface area contributed by atoms with Gasteiger partial charge in [-0.25, -0.2) is 0 Å². The SMILES string of the molecule is Cc1cc(Cl)cc(C)c1Oc1ccnc(CNC(C)C)c1. The zero-order valence-electron chi connectivity index (χ0n) is 12.9. The monoisotopic (exact) mass is 304 g/mol. The number of halogens is 1. The van der Waals surface area contributed by atoms with E-state index in [1.165, 1.54) is 0 Å². The Labute approximate surface area is 131 Å². The van der Waals surface area contributed by atoms with Crippen molar-refractivity contribution in [2.45, 2.75) is 40.3 Å². The van der Waals surface area contributed by atoms with Crippen LogP contribution in [-0.4, -0.2) is 11.0 Å². The van der Waals surface area contributed by atoms with Crippen molar-refractivity contribution in [3.63, 3.8) is 0 Å². The molecular formula is C17H21ClN2O. The second kappa shape index (κ2) is 6.92. The molecule has 0 atom stereocenters. The second-order valence-corrected chi connectivity index (χ2v) is 5.93. The van der Waals surface area contributed by atoms with Gasteiger partial charge in [-0.15, -0.1) is 0 Å². The average molecular weight is 305 g/mol. The summed E-state index contributed by atoms with van der Waals surface area (Å²) in [6.45, 7) is 8.95. The van der Waals surface area contributed by atoms with E-state index in [0.717, 1.165) is 39.9 Å². The van der Waals surface area contributed by atoms with Crippen molar-refractivity contribution in [3.8, 4) is 11.5 Å². The molecule has 21 heavy (non-hydrogen) atoms. The Kier molecular flexibility index (Phi) is 5.21. The van der Waals surface area contributed by atoms with Crippen LogP contribution in [0.2, 0.25) is 5.02 Å². The summed E-state index contributed by atoms with van der Waals surface area (Å²) in [5, 5.41) is 4.08. The van der Waals surface area contributed by atoms with E-state index in [2.05, 4.69) is 24.1 Å². The lowest BCUT2D eigenvalue weighted by Crippen LogP contribution is -2.22. The van der Waals surface area contributed by atoms with Crippen LogP contribution >= 0.6 is 11.6 Å². The molecule has 1 aromatic heterocycles. The van der Waals surface area contributed by atoms with E-state index < -0.39 is 0 Å². The van der Waals surface area contributed by atoms with Crippen LogP contribution in [0.3, 0.4) is 0 Å². The molecule has 2 rings (SSSR count). The van der Waals surface area contributed by atoms with Crippen molar-refractivity contribution in [2.75, 3.05) is 0 Å². The van der Waals surface area contributed by atoms with Gasteiger partial charge in [0.2, 0.25) is 0 Å². The third kappa shape index (κ3) is 4.45. The van der Waals surface area contributed by atoms with Gasteiger partial charge < -0.3 is 10.1 Å². The molecule has 2 aromatic rings. The number of benzene rings is 1. The van der Waals surface area contributed by atoms with Gasteiger partial charge >= 0.3 is 0 Å². The van der Waals surface area contributed by atoms with Crippen LogP contribution < -0.4 is 10.1 Å². The molecular weight excluding hydrogens is 284 g/mol. The Balaban J connectivity index is 2.18. The van der Waals surface area contributed by atoms with Crippen LogP contribution in [0.4, 0.5) is 0 Å². The van der Waals surface area contributed by atoms with Gasteiger partial charge in [-0.1, -0.05) is 25.4 Å². The standard InChI is InChI=1S/C17H21ClN2O/c1-11(2)20-10-15-9-16(5-6-19-15)21-17-12(3)7-14(18)8-13(17)4/h5-9,11,20H,10H2,1-4H3. The Morgan fingerprint density at radius 2 is 1.86 bits per heavy atom. The minimum atomic E-state index is 0.428. The zero-order chi connectivity index (χ0) is 15.4. The number of aromatic nitrogens is 1. The quantitative estimate of drug-likeness (QED) is 0.873. The summed E-state index contributed by atoms with van der Waals surface area (Å²) in [5.74, 6) is 1.65. The maximum absolute atomic E-state index is 6.05. The fourth-order valence-electron chi connectivity index (χ4n) is 2.10. The van der Waals surface area contributed by atoms with Crippen LogP contribution in [0, 0.1) is 13.8 Å². The van der Waals surface area contributed by atoms with Crippen LogP contribution in [0.15, 0.2) is 30.5 Å². The summed E-state index contributed by atoms with van der Waals surface area (Å²) >= 11 is 6.05. The van der Waals surface area contributed by atoms with Gasteiger partial charge in [-0.2, -0.15) is 0 Å². The molecule has 4 heteroatoms. The van der Waals surface area contributed by atoms with Crippen molar-refractivity contribution in [1.82, 2.24) is 10.3 Å². The fourth-order valence-corrected chi connectivity index (χ4v) is 2.43. The van der Waals surface area contributed by atoms with Crippen LogP contribution in [-0.2, 0) is 6.54 Å². The van der Waals surface area contributed by atoms with E-state index >= 15 is 0 Å². The molecule has 0 aliphatic heterocycles. The van der Waals surface area contributed by atoms with E-state index in [-0.39, 0.29) is 0 Å². The van der Waals surface area contributed by atoms with Crippen molar-refractivity contribution in [2.24, 2.45) is 0 Å². The zero-order valence-corrected chi connectivity index (χ0v) is 13.7. The predicted molar refractivity (Wildman–Crippen MR) is 87.2 cm³/mol. The highest BCUT2D eigenvalue weighted by atomic mass is 35.5. The van der Waals surface area contributed by atoms with Crippen molar-refractivity contribution < 1.29 is 4.74 Å². The molecule has 1 heterocycles. The normalized spacial score (nSPS) is 11.0. The smallest absolute Gasteiger partial charge is 0.133 e. The number of hydrogen-bond donors (Lipinski definition) is 1. The topological polar surface area (TPSA) is 34.1 Å². The third-order valence-corrected chi connectivity index (χ3v) is 3.34. The maximum atomic E-state index is 6.05. The lowest BCUT2D eigenvalue weighted by molar-refractivity contribution is 0.472. The van der Waals surface area contributed by atoms with Crippen LogP contribution in [0.25, 0.3) is 0 Å². The predicted octanol–water partition coefficient (Wildman–Crippen LogP) is 4.64. The number of ether oxygens (including phenoxy) is 1. The molecule has 0 spiro atoms. The fraction of sp³-hybridized carbons (Fsp3) is 0.353. The van der Waals surface area contributed by atoms with Crippen molar-refractivity contribution >= 4 is 11.6 Å². The second-order valence-electron chi connectivity index (χ2n) is 5.49. The van der Waals surface area contributed by atoms with E-state index in [1.807, 2.05) is 38.1 Å². The van der Waals surface area contributed by atoms with Gasteiger partial charge in [0.15, 0.2) is 0 Å². The highest BCUT2D eigenvalue weighted by Crippen LogP contribution is 2.31. The summed E-state index contributed by atoms with van der Waals surface area (Å²) in [6, 6.07) is 8.07. The Bertz CT molecular complexity index is 603. The number of pyridine rings is 1. The molecule has 0 radical (unpaired) electrons. The first-order valence-corrected chi connectivity index (χ1v) is 7.46. The highest BCUT2D eigenvalue weighted by molar-refractivity contribution is 6.30. The number of nitrogens with one attached hydrogen (secondary N) is 1. The summed E-state index contributed by atoms with van der Waals surface area (Å²) in [7, 11) is 0. The molecule has 1 N–H and O–H groups in total. The first-order valence-electron chi connectivity index (χ1n) is 7.08. The van der Waals surface area contributed by atoms with E-state index in [1.54, 1.807) is 6.20 Å². The molecule has 0 unspecified atom stereocenters. The molecule has 0 amide bonds. The highest BCUT2D eigenvalue weighted by Gasteiger charge is 2.08. The minimum Gasteiger partial charge on any atom is -0.457 e. The number of rotatable bonds is 5. The third-order valence-electron chi connectivity index (χ3n) is 3.12. The summed E-state index contributed by atoms with van der Waals surface area (Å²) in [6.07, 6.45) is 1.77. The maximum Gasteiger partial charge on any atom is 0.133 e. The molecule has 0 saturated carbocycles. The van der Waals surface area contributed by atoms with E-state index in [0.29, 0.717) is 6.04 Å². The van der Waals surface area contributed by atoms with E-state index in [4.69, 9.17) is 16.3 Å². The molecule has 0 aliphatic rings. The Hall–Kier alpha value is -1.58. The molecule has 0 bridgehead atoms. The first kappa shape index (κ1) is 15.8. The van der Waals surface area contributed by atoms with E-state index in [9.17, 15) is 0 Å². The van der Waals surface area contributed by atoms with Gasteiger partial charge in [0, 0.05) is 29.9 Å². The molecule has 3 nitrogen and oxygen atoms in total. The molecule has 112 valence electrons. The molecule has 0 saturated heterocycles. The molecule has 1 aromatic carbocycles. The average Bonchev–Trinajstić information content (AvgIpc) is 2.41. The van der Waals surface area contributed by atoms with Crippen molar-refractivity contribution in [1.29, 1.82) is 0 Å². The largest absolute Gasteiger partial charge is 0.457 e. The summed E-state index contributed by atoms with van der Waals surface area (Å²) < 4.78 is 6.02. The van der Waals surface area contributed by atoms with Crippen LogP contribution in [0.5, 0.6) is 11.5 Å². The van der Waals surface area contributed by atoms with Crippen molar-refractivity contribution in [3.05, 3.63) is 52.3 Å². The number of aryl methyl sites for hydroxylation is 2. The first-order chi connectivity index (χ1) is 9.95. The van der Waals surface area contributed by atoms with Gasteiger partial charge in [-0.05, 0) is 43.2 Å². The number of nitrogens with zero attached hydrogens (tertiary/aromatic N) is 1. The molecule has 0 fully saturated rings. The summed E-state index contributed by atoms with van der Waals surface area (Å²) in [5.41, 5.74) is 3.02. The Morgan fingerprint density at radius 1 is 1.19 bits per heavy atom. The molecule has 0 aliphatic carbocycles. The lowest BCUT2D eigenvalue weighted by Gasteiger charge is -2.13. The van der Waals surface area contributed by atoms with Gasteiger partial charge in [0.1, 0.15) is 11.5 Å². The van der Waals surface area contributed by atoms with Gasteiger partial charge in [0.05, 0.1) is 5.69 Å². The summed E-state index contributed by atoms with van der Waals surface area (Å²) in [4.78, 5) is 4.35. The minimum absolute atomic E-state index is 0.428. The van der Waals surface area contributed by atoms with Gasteiger partial charge in [-0.3, -0.25) is 4.98 Å². The van der Waals surface area contributed by atoms with Crippen LogP contribution in [0.1, 0.15) is 30.7 Å². The lowest BCUT2D eigenvalue weighted by atomic mass is 10.1. The Morgan fingerprint density at radius 3 is 2.48 bits per heavy atom. The number of hydrogen-bond acceptors (Lipinski definition) is 3. The van der Waals surface area contributed by atoms with Gasteiger partial charge in [0.25, 0.3) is 0 Å².